The van der Waals surface area contributed by atoms with Crippen molar-refractivity contribution in [2.75, 3.05) is 10.6 Å². The second kappa shape index (κ2) is 10.5. The van der Waals surface area contributed by atoms with Gasteiger partial charge in [0.25, 0.3) is 11.8 Å². The summed E-state index contributed by atoms with van der Waals surface area (Å²) >= 11 is 14.4. The lowest BCUT2D eigenvalue weighted by Crippen LogP contribution is -2.18. The number of rotatable bonds is 6. The molecular formula is C25H15Cl2N5O2S2. The van der Waals surface area contributed by atoms with Crippen molar-refractivity contribution in [3.8, 4) is 22.5 Å². The van der Waals surface area contributed by atoms with Gasteiger partial charge >= 0.3 is 0 Å². The highest BCUT2D eigenvalue weighted by Crippen LogP contribution is 2.27. The van der Waals surface area contributed by atoms with Crippen molar-refractivity contribution in [2.45, 2.75) is 0 Å². The van der Waals surface area contributed by atoms with Crippen molar-refractivity contribution >= 4 is 68.0 Å². The maximum Gasteiger partial charge on any atom is 0.276 e. The van der Waals surface area contributed by atoms with Crippen LogP contribution in [0.15, 0.2) is 77.5 Å². The van der Waals surface area contributed by atoms with E-state index in [-0.39, 0.29) is 11.4 Å². The minimum absolute atomic E-state index is 0.0897. The second-order valence-corrected chi connectivity index (χ2v) is 9.99. The van der Waals surface area contributed by atoms with Gasteiger partial charge in [-0.25, -0.2) is 15.0 Å². The molecule has 0 saturated carbocycles. The van der Waals surface area contributed by atoms with E-state index in [1.807, 2.05) is 35.0 Å². The standard InChI is InChI=1S/C25H15Cl2N5O2S2/c26-16-8-4-14(5-9-16)20-12-35-24(29-20)31-22(33)18-2-1-3-19(28-18)23(34)32-25-30-21(13-36-25)15-6-10-17(27)11-7-15/h1-13H,(H,29,31,33)(H,30,32,34). The third-order valence-electron chi connectivity index (χ3n) is 4.94. The quantitative estimate of drug-likeness (QED) is 0.233. The van der Waals surface area contributed by atoms with E-state index in [1.165, 1.54) is 34.8 Å². The molecule has 0 aliphatic rings. The molecule has 0 bridgehead atoms. The van der Waals surface area contributed by atoms with Crippen LogP contribution in [-0.4, -0.2) is 26.8 Å². The lowest BCUT2D eigenvalue weighted by Gasteiger charge is -2.04. The molecule has 2 N–H and O–H groups in total. The van der Waals surface area contributed by atoms with Crippen LogP contribution in [0.5, 0.6) is 0 Å². The molecule has 2 aromatic carbocycles. The Hall–Kier alpha value is -3.63. The summed E-state index contributed by atoms with van der Waals surface area (Å²) in [6, 6.07) is 19.2. The molecule has 0 saturated heterocycles. The fourth-order valence-corrected chi connectivity index (χ4v) is 4.86. The third-order valence-corrected chi connectivity index (χ3v) is 6.96. The number of thiazole rings is 2. The number of carbonyl (C=O) groups is 2. The molecule has 178 valence electrons. The van der Waals surface area contributed by atoms with Crippen LogP contribution in [0, 0.1) is 0 Å². The minimum atomic E-state index is -0.471. The van der Waals surface area contributed by atoms with Crippen LogP contribution in [0.3, 0.4) is 0 Å². The molecule has 0 aliphatic carbocycles. The van der Waals surface area contributed by atoms with E-state index in [1.54, 1.807) is 30.3 Å². The van der Waals surface area contributed by atoms with Gasteiger partial charge in [0.15, 0.2) is 10.3 Å². The molecule has 0 spiro atoms. The number of nitrogens with zero attached hydrogens (tertiary/aromatic N) is 3. The van der Waals surface area contributed by atoms with Gasteiger partial charge < -0.3 is 0 Å². The van der Waals surface area contributed by atoms with E-state index in [4.69, 9.17) is 23.2 Å². The SMILES string of the molecule is O=C(Nc1nc(-c2ccc(Cl)cc2)cs1)c1cccc(C(=O)Nc2nc(-c3ccc(Cl)cc3)cs2)n1. The summed E-state index contributed by atoms with van der Waals surface area (Å²) < 4.78 is 0. The Balaban J connectivity index is 1.25. The number of amides is 2. The van der Waals surface area contributed by atoms with Crippen molar-refractivity contribution in [1.82, 2.24) is 15.0 Å². The van der Waals surface area contributed by atoms with Gasteiger partial charge in [-0.3, -0.25) is 20.2 Å². The molecule has 0 unspecified atom stereocenters. The third kappa shape index (κ3) is 5.60. The molecular weight excluding hydrogens is 537 g/mol. The smallest absolute Gasteiger partial charge is 0.276 e. The number of carbonyl (C=O) groups excluding carboxylic acids is 2. The maximum absolute atomic E-state index is 12.7. The molecule has 0 radical (unpaired) electrons. The number of nitrogens with one attached hydrogen (secondary N) is 2. The van der Waals surface area contributed by atoms with Crippen LogP contribution in [-0.2, 0) is 0 Å². The van der Waals surface area contributed by atoms with Gasteiger partial charge in [0.2, 0.25) is 0 Å². The van der Waals surface area contributed by atoms with Crippen LogP contribution >= 0.6 is 45.9 Å². The molecule has 11 heteroatoms. The van der Waals surface area contributed by atoms with E-state index in [0.717, 1.165) is 22.5 Å². The Kier molecular flexibility index (Phi) is 7.06. The van der Waals surface area contributed by atoms with Crippen molar-refractivity contribution in [2.24, 2.45) is 0 Å². The number of pyridine rings is 1. The fraction of sp³-hybridized carbons (Fsp3) is 0. The normalized spacial score (nSPS) is 10.7. The highest BCUT2D eigenvalue weighted by molar-refractivity contribution is 7.14. The first kappa shape index (κ1) is 24.1. The summed E-state index contributed by atoms with van der Waals surface area (Å²) in [6.45, 7) is 0. The zero-order chi connectivity index (χ0) is 25.1. The largest absolute Gasteiger partial charge is 0.296 e. The van der Waals surface area contributed by atoms with Crippen molar-refractivity contribution in [1.29, 1.82) is 0 Å². The Morgan fingerprint density at radius 3 is 1.44 bits per heavy atom. The number of aromatic nitrogens is 3. The number of anilines is 2. The molecule has 0 atom stereocenters. The van der Waals surface area contributed by atoms with Gasteiger partial charge in [-0.15, -0.1) is 22.7 Å². The molecule has 3 heterocycles. The summed E-state index contributed by atoms with van der Waals surface area (Å²) in [5, 5.41) is 11.2. The van der Waals surface area contributed by atoms with Gasteiger partial charge in [-0.1, -0.05) is 53.5 Å². The van der Waals surface area contributed by atoms with Gasteiger partial charge in [0.1, 0.15) is 11.4 Å². The average molecular weight is 552 g/mol. The minimum Gasteiger partial charge on any atom is -0.296 e. The first-order valence-electron chi connectivity index (χ1n) is 10.5. The summed E-state index contributed by atoms with van der Waals surface area (Å²) in [6.07, 6.45) is 0. The number of hydrogen-bond acceptors (Lipinski definition) is 7. The van der Waals surface area contributed by atoms with Crippen LogP contribution in [0.25, 0.3) is 22.5 Å². The molecule has 7 nitrogen and oxygen atoms in total. The first-order chi connectivity index (χ1) is 17.4. The van der Waals surface area contributed by atoms with Gasteiger partial charge in [-0.05, 0) is 36.4 Å². The highest BCUT2D eigenvalue weighted by atomic mass is 35.5. The molecule has 5 rings (SSSR count). The zero-order valence-electron chi connectivity index (χ0n) is 18.2. The fourth-order valence-electron chi connectivity index (χ4n) is 3.18. The Labute approximate surface area is 223 Å². The molecule has 0 fully saturated rings. The van der Waals surface area contributed by atoms with E-state index in [2.05, 4.69) is 25.6 Å². The maximum atomic E-state index is 12.7. The van der Waals surface area contributed by atoms with Crippen LogP contribution in [0.2, 0.25) is 10.0 Å². The molecule has 5 aromatic rings. The van der Waals surface area contributed by atoms with Crippen LogP contribution in [0.4, 0.5) is 10.3 Å². The van der Waals surface area contributed by atoms with Gasteiger partial charge in [0.05, 0.1) is 11.4 Å². The Morgan fingerprint density at radius 2 is 1.03 bits per heavy atom. The van der Waals surface area contributed by atoms with E-state index >= 15 is 0 Å². The second-order valence-electron chi connectivity index (χ2n) is 7.41. The number of hydrogen-bond donors (Lipinski definition) is 2. The zero-order valence-corrected chi connectivity index (χ0v) is 21.4. The average Bonchev–Trinajstić information content (AvgIpc) is 3.55. The molecule has 2 amide bonds. The molecule has 36 heavy (non-hydrogen) atoms. The Morgan fingerprint density at radius 1 is 0.611 bits per heavy atom. The van der Waals surface area contributed by atoms with Gasteiger partial charge in [-0.2, -0.15) is 0 Å². The summed E-state index contributed by atoms with van der Waals surface area (Å²) in [7, 11) is 0. The first-order valence-corrected chi connectivity index (χ1v) is 13.0. The van der Waals surface area contributed by atoms with E-state index in [9.17, 15) is 9.59 Å². The molecule has 0 aliphatic heterocycles. The van der Waals surface area contributed by atoms with Crippen molar-refractivity contribution in [3.63, 3.8) is 0 Å². The van der Waals surface area contributed by atoms with Crippen molar-refractivity contribution in [3.05, 3.63) is 98.9 Å². The predicted molar refractivity (Wildman–Crippen MR) is 145 cm³/mol. The summed E-state index contributed by atoms with van der Waals surface area (Å²) in [5.74, 6) is -0.943. The Bertz CT molecular complexity index is 1440. The summed E-state index contributed by atoms with van der Waals surface area (Å²) in [4.78, 5) is 38.6. The van der Waals surface area contributed by atoms with Gasteiger partial charge in [0, 0.05) is 31.9 Å². The number of halogens is 2. The lowest BCUT2D eigenvalue weighted by atomic mass is 10.2. The number of benzene rings is 2. The predicted octanol–water partition coefficient (Wildman–Crippen LogP) is 7.14. The van der Waals surface area contributed by atoms with E-state index < -0.39 is 11.8 Å². The van der Waals surface area contributed by atoms with Crippen LogP contribution < -0.4 is 10.6 Å². The topological polar surface area (TPSA) is 96.9 Å². The molecule has 3 aromatic heterocycles. The van der Waals surface area contributed by atoms with Crippen molar-refractivity contribution < 1.29 is 9.59 Å². The van der Waals surface area contributed by atoms with Crippen LogP contribution in [0.1, 0.15) is 21.0 Å². The monoisotopic (exact) mass is 551 g/mol. The summed E-state index contributed by atoms with van der Waals surface area (Å²) in [5.41, 5.74) is 3.38. The van der Waals surface area contributed by atoms with E-state index in [0.29, 0.717) is 20.3 Å². The lowest BCUT2D eigenvalue weighted by molar-refractivity contribution is 0.101. The highest BCUT2D eigenvalue weighted by Gasteiger charge is 2.16.